The van der Waals surface area contributed by atoms with Crippen LogP contribution in [0.25, 0.3) is 0 Å². The molecule has 1 aliphatic rings. The molecule has 4 heteroatoms. The number of rotatable bonds is 6. The Morgan fingerprint density at radius 2 is 1.75 bits per heavy atom. The zero-order chi connectivity index (χ0) is 15.3. The van der Waals surface area contributed by atoms with Gasteiger partial charge in [-0.1, -0.05) is 13.8 Å². The lowest BCUT2D eigenvalue weighted by Crippen LogP contribution is -2.56. The predicted octanol–water partition coefficient (Wildman–Crippen LogP) is 1.94. The molecule has 118 valence electrons. The predicted molar refractivity (Wildman–Crippen MR) is 84.5 cm³/mol. The van der Waals surface area contributed by atoms with Crippen molar-refractivity contribution in [2.24, 2.45) is 17.6 Å². The monoisotopic (exact) mass is 283 g/mol. The number of hydrogen-bond donors (Lipinski definition) is 1. The van der Waals surface area contributed by atoms with Gasteiger partial charge in [-0.2, -0.15) is 0 Å². The molecule has 1 amide bonds. The van der Waals surface area contributed by atoms with Gasteiger partial charge >= 0.3 is 0 Å². The quantitative estimate of drug-likeness (QED) is 0.810. The summed E-state index contributed by atoms with van der Waals surface area (Å²) in [6.45, 7) is 11.3. The van der Waals surface area contributed by atoms with Crippen LogP contribution >= 0.6 is 0 Å². The van der Waals surface area contributed by atoms with Gasteiger partial charge in [0, 0.05) is 31.6 Å². The summed E-state index contributed by atoms with van der Waals surface area (Å²) in [5.41, 5.74) is 5.67. The first kappa shape index (κ1) is 17.4. The molecule has 0 aromatic heterocycles. The molecule has 0 bridgehead atoms. The lowest BCUT2D eigenvalue weighted by Gasteiger charge is -2.42. The second-order valence-corrected chi connectivity index (χ2v) is 6.78. The van der Waals surface area contributed by atoms with Gasteiger partial charge in [0.1, 0.15) is 0 Å². The highest BCUT2D eigenvalue weighted by atomic mass is 16.2. The molecule has 2 N–H and O–H groups in total. The highest BCUT2D eigenvalue weighted by Gasteiger charge is 2.29. The zero-order valence-corrected chi connectivity index (χ0v) is 13.9. The van der Waals surface area contributed by atoms with E-state index in [0.29, 0.717) is 36.2 Å². The summed E-state index contributed by atoms with van der Waals surface area (Å²) in [7, 11) is 2.15. The van der Waals surface area contributed by atoms with Crippen molar-refractivity contribution in [2.45, 2.75) is 59.0 Å². The molecule has 1 heterocycles. The Morgan fingerprint density at radius 3 is 2.20 bits per heavy atom. The third-order valence-corrected chi connectivity index (χ3v) is 4.92. The van der Waals surface area contributed by atoms with Crippen molar-refractivity contribution < 1.29 is 4.79 Å². The van der Waals surface area contributed by atoms with Gasteiger partial charge in [0.15, 0.2) is 0 Å². The first-order valence-electron chi connectivity index (χ1n) is 8.06. The molecule has 4 nitrogen and oxygen atoms in total. The maximum atomic E-state index is 12.4. The van der Waals surface area contributed by atoms with E-state index < -0.39 is 0 Å². The molecule has 0 spiro atoms. The van der Waals surface area contributed by atoms with Crippen LogP contribution in [0.15, 0.2) is 0 Å². The van der Waals surface area contributed by atoms with E-state index in [1.165, 1.54) is 0 Å². The van der Waals surface area contributed by atoms with Crippen molar-refractivity contribution in [3.05, 3.63) is 0 Å². The van der Waals surface area contributed by atoms with Crippen molar-refractivity contribution in [3.8, 4) is 0 Å². The summed E-state index contributed by atoms with van der Waals surface area (Å²) in [4.78, 5) is 16.8. The van der Waals surface area contributed by atoms with Gasteiger partial charge in [0.05, 0.1) is 0 Å². The van der Waals surface area contributed by atoms with Crippen LogP contribution in [0.2, 0.25) is 0 Å². The maximum Gasteiger partial charge on any atom is 0.222 e. The number of nitrogens with two attached hydrogens (primary N) is 1. The third-order valence-electron chi connectivity index (χ3n) is 4.92. The Labute approximate surface area is 124 Å². The summed E-state index contributed by atoms with van der Waals surface area (Å²) in [6, 6.07) is 0.903. The van der Waals surface area contributed by atoms with Crippen LogP contribution in [-0.2, 0) is 4.79 Å². The van der Waals surface area contributed by atoms with Crippen LogP contribution in [0.1, 0.15) is 47.0 Å². The van der Waals surface area contributed by atoms with Crippen molar-refractivity contribution >= 4 is 5.91 Å². The Bertz CT molecular complexity index is 294. The van der Waals surface area contributed by atoms with E-state index in [-0.39, 0.29) is 0 Å². The molecule has 3 unspecified atom stereocenters. The van der Waals surface area contributed by atoms with E-state index in [0.717, 1.165) is 32.5 Å². The molecule has 0 aliphatic carbocycles. The fourth-order valence-corrected chi connectivity index (χ4v) is 3.10. The Morgan fingerprint density at radius 1 is 1.20 bits per heavy atom. The van der Waals surface area contributed by atoms with Gasteiger partial charge in [-0.3, -0.25) is 9.69 Å². The molecule has 1 aliphatic heterocycles. The molecule has 1 saturated heterocycles. The molecule has 0 saturated carbocycles. The third kappa shape index (κ3) is 4.74. The Kier molecular flexibility index (Phi) is 6.96. The van der Waals surface area contributed by atoms with Crippen molar-refractivity contribution in [3.63, 3.8) is 0 Å². The summed E-state index contributed by atoms with van der Waals surface area (Å²) < 4.78 is 0. The SMILES string of the molecule is CC(C)C(CCN)CCC(=O)N1CC(C)N(C)C(C)C1. The average Bonchev–Trinajstić information content (AvgIpc) is 2.39. The molecular formula is C16H33N3O. The minimum atomic E-state index is 0.319. The fraction of sp³-hybridized carbons (Fsp3) is 0.938. The maximum absolute atomic E-state index is 12.4. The van der Waals surface area contributed by atoms with E-state index in [1.54, 1.807) is 0 Å². The molecule has 1 fully saturated rings. The van der Waals surface area contributed by atoms with E-state index in [4.69, 9.17) is 5.73 Å². The highest BCUT2D eigenvalue weighted by Crippen LogP contribution is 2.22. The minimum absolute atomic E-state index is 0.319. The summed E-state index contributed by atoms with van der Waals surface area (Å²) in [5.74, 6) is 1.50. The van der Waals surface area contributed by atoms with E-state index in [1.807, 2.05) is 0 Å². The average molecular weight is 283 g/mol. The van der Waals surface area contributed by atoms with Crippen molar-refractivity contribution in [1.29, 1.82) is 0 Å². The molecular weight excluding hydrogens is 250 g/mol. The number of nitrogens with zero attached hydrogens (tertiary/aromatic N) is 2. The van der Waals surface area contributed by atoms with Crippen molar-refractivity contribution in [2.75, 3.05) is 26.7 Å². The van der Waals surface area contributed by atoms with Gasteiger partial charge in [-0.15, -0.1) is 0 Å². The number of piperazine rings is 1. The standard InChI is InChI=1S/C16H33N3O/c1-12(2)15(8-9-17)6-7-16(20)19-10-13(3)18(5)14(4)11-19/h12-15H,6-11,17H2,1-5H3. The molecule has 0 radical (unpaired) electrons. The Hall–Kier alpha value is -0.610. The van der Waals surface area contributed by atoms with E-state index in [9.17, 15) is 4.79 Å². The molecule has 0 aromatic rings. The number of hydrogen-bond acceptors (Lipinski definition) is 3. The van der Waals surface area contributed by atoms with Gasteiger partial charge in [0.2, 0.25) is 5.91 Å². The van der Waals surface area contributed by atoms with Gasteiger partial charge < -0.3 is 10.6 Å². The summed E-state index contributed by atoms with van der Waals surface area (Å²) in [6.07, 6.45) is 2.68. The van der Waals surface area contributed by atoms with E-state index in [2.05, 4.69) is 44.5 Å². The lowest BCUT2D eigenvalue weighted by atomic mass is 9.88. The van der Waals surface area contributed by atoms with Crippen LogP contribution < -0.4 is 5.73 Å². The van der Waals surface area contributed by atoms with Crippen LogP contribution in [0.4, 0.5) is 0 Å². The highest BCUT2D eigenvalue weighted by molar-refractivity contribution is 5.76. The fourth-order valence-electron chi connectivity index (χ4n) is 3.10. The van der Waals surface area contributed by atoms with Crippen LogP contribution in [-0.4, -0.2) is 54.5 Å². The molecule has 3 atom stereocenters. The van der Waals surface area contributed by atoms with Gasteiger partial charge in [-0.25, -0.2) is 0 Å². The smallest absolute Gasteiger partial charge is 0.222 e. The number of carbonyl (C=O) groups excluding carboxylic acids is 1. The first-order valence-corrected chi connectivity index (χ1v) is 8.06. The number of carbonyl (C=O) groups is 1. The van der Waals surface area contributed by atoms with Gasteiger partial charge in [0.25, 0.3) is 0 Å². The largest absolute Gasteiger partial charge is 0.340 e. The number of amides is 1. The second-order valence-electron chi connectivity index (χ2n) is 6.78. The first-order chi connectivity index (χ1) is 9.36. The van der Waals surface area contributed by atoms with Gasteiger partial charge in [-0.05, 0) is 52.1 Å². The second kappa shape index (κ2) is 7.99. The summed E-state index contributed by atoms with van der Waals surface area (Å²) in [5, 5.41) is 0. The van der Waals surface area contributed by atoms with Crippen molar-refractivity contribution in [1.82, 2.24) is 9.80 Å². The summed E-state index contributed by atoms with van der Waals surface area (Å²) >= 11 is 0. The molecule has 0 aromatic carbocycles. The van der Waals surface area contributed by atoms with E-state index >= 15 is 0 Å². The number of likely N-dealkylation sites (N-methyl/N-ethyl adjacent to an activating group) is 1. The zero-order valence-electron chi connectivity index (χ0n) is 13.9. The van der Waals surface area contributed by atoms with Crippen LogP contribution in [0, 0.1) is 11.8 Å². The minimum Gasteiger partial charge on any atom is -0.340 e. The molecule has 20 heavy (non-hydrogen) atoms. The normalized spacial score (nSPS) is 26.1. The lowest BCUT2D eigenvalue weighted by molar-refractivity contribution is -0.135. The topological polar surface area (TPSA) is 49.6 Å². The van der Waals surface area contributed by atoms with Crippen LogP contribution in [0.3, 0.4) is 0 Å². The molecule has 1 rings (SSSR count). The van der Waals surface area contributed by atoms with Crippen LogP contribution in [0.5, 0.6) is 0 Å². The Balaban J connectivity index is 2.46.